The highest BCUT2D eigenvalue weighted by Crippen LogP contribution is 2.36. The molecule has 0 amide bonds. The number of hydrogen-bond donors (Lipinski definition) is 0. The van der Waals surface area contributed by atoms with Crippen LogP contribution in [0.15, 0.2) is 91.3 Å². The van der Waals surface area contributed by atoms with Gasteiger partial charge in [-0.25, -0.2) is 4.98 Å². The quantitative estimate of drug-likeness (QED) is 0.420. The molecule has 2 heterocycles. The van der Waals surface area contributed by atoms with Crippen LogP contribution in [-0.4, -0.2) is 17.1 Å². The first-order valence-corrected chi connectivity index (χ1v) is 9.22. The fourth-order valence-electron chi connectivity index (χ4n) is 2.89. The van der Waals surface area contributed by atoms with Crippen molar-refractivity contribution in [2.24, 2.45) is 0 Å². The van der Waals surface area contributed by atoms with Crippen LogP contribution >= 0.6 is 0 Å². The summed E-state index contributed by atoms with van der Waals surface area (Å²) in [4.78, 5) is 8.82. The van der Waals surface area contributed by atoms with Crippen LogP contribution in [0.25, 0.3) is 11.1 Å². The molecule has 5 nitrogen and oxygen atoms in total. The zero-order valence-electron chi connectivity index (χ0n) is 16.0. The van der Waals surface area contributed by atoms with Gasteiger partial charge in [-0.05, 0) is 42.5 Å². The molecule has 4 aromatic rings. The van der Waals surface area contributed by atoms with Gasteiger partial charge in [0.25, 0.3) is 0 Å². The third-order valence-electron chi connectivity index (χ3n) is 4.31. The summed E-state index contributed by atoms with van der Waals surface area (Å²) in [5.41, 5.74) is 2.58. The van der Waals surface area contributed by atoms with Crippen LogP contribution in [0.3, 0.4) is 0 Å². The Balaban J connectivity index is 1.50. The van der Waals surface area contributed by atoms with Gasteiger partial charge in [0, 0.05) is 17.3 Å². The van der Waals surface area contributed by atoms with E-state index in [0.717, 1.165) is 28.3 Å². The zero-order chi connectivity index (χ0) is 19.9. The number of rotatable bonds is 7. The van der Waals surface area contributed by atoms with Crippen molar-refractivity contribution in [3.63, 3.8) is 0 Å². The average Bonchev–Trinajstić information content (AvgIpc) is 2.80. The second-order valence-electron chi connectivity index (χ2n) is 6.25. The maximum absolute atomic E-state index is 6.01. The molecule has 0 radical (unpaired) electrons. The van der Waals surface area contributed by atoms with Gasteiger partial charge in [-0.3, -0.25) is 4.98 Å². The van der Waals surface area contributed by atoms with Crippen molar-refractivity contribution in [3.05, 3.63) is 97.0 Å². The molecular weight excluding hydrogens is 364 g/mol. The lowest BCUT2D eigenvalue weighted by molar-refractivity contribution is 0.301. The summed E-state index contributed by atoms with van der Waals surface area (Å²) >= 11 is 0. The molecule has 0 saturated carbocycles. The van der Waals surface area contributed by atoms with Gasteiger partial charge in [-0.1, -0.05) is 36.4 Å². The van der Waals surface area contributed by atoms with Gasteiger partial charge in [-0.2, -0.15) is 0 Å². The second kappa shape index (κ2) is 8.89. The van der Waals surface area contributed by atoms with E-state index < -0.39 is 0 Å². The van der Waals surface area contributed by atoms with E-state index in [1.165, 1.54) is 0 Å². The highest BCUT2D eigenvalue weighted by Gasteiger charge is 2.13. The molecule has 2 aromatic heterocycles. The third-order valence-corrected chi connectivity index (χ3v) is 4.31. The normalized spacial score (nSPS) is 10.4. The summed E-state index contributed by atoms with van der Waals surface area (Å²) in [5, 5.41) is 0. The monoisotopic (exact) mass is 384 g/mol. The smallest absolute Gasteiger partial charge is 0.227 e. The lowest BCUT2D eigenvalue weighted by Crippen LogP contribution is -1.98. The van der Waals surface area contributed by atoms with Crippen molar-refractivity contribution in [2.45, 2.75) is 6.61 Å². The molecule has 0 N–H and O–H groups in total. The first kappa shape index (κ1) is 18.5. The molecular formula is C24H20N2O3. The van der Waals surface area contributed by atoms with Crippen LogP contribution in [0.2, 0.25) is 0 Å². The molecule has 4 rings (SSSR count). The highest BCUT2D eigenvalue weighted by atomic mass is 16.5. The Labute approximate surface area is 169 Å². The van der Waals surface area contributed by atoms with E-state index in [9.17, 15) is 0 Å². The van der Waals surface area contributed by atoms with E-state index in [1.54, 1.807) is 19.5 Å². The van der Waals surface area contributed by atoms with Crippen LogP contribution in [0, 0.1) is 0 Å². The first-order chi connectivity index (χ1) is 14.3. The number of para-hydroxylation sites is 2. The van der Waals surface area contributed by atoms with Crippen LogP contribution in [0.5, 0.6) is 23.1 Å². The molecule has 144 valence electrons. The van der Waals surface area contributed by atoms with Crippen LogP contribution in [0.4, 0.5) is 0 Å². The van der Waals surface area contributed by atoms with Crippen LogP contribution in [0.1, 0.15) is 5.69 Å². The van der Waals surface area contributed by atoms with Gasteiger partial charge in [-0.15, -0.1) is 0 Å². The molecule has 0 spiro atoms. The fourth-order valence-corrected chi connectivity index (χ4v) is 2.89. The number of nitrogens with zero attached hydrogens (tertiary/aromatic N) is 2. The molecule has 0 aliphatic rings. The summed E-state index contributed by atoms with van der Waals surface area (Å²) in [7, 11) is 1.65. The van der Waals surface area contributed by atoms with E-state index in [4.69, 9.17) is 14.2 Å². The Kier molecular flexibility index (Phi) is 5.67. The lowest BCUT2D eigenvalue weighted by atomic mass is 10.1. The highest BCUT2D eigenvalue weighted by molar-refractivity contribution is 5.74. The maximum Gasteiger partial charge on any atom is 0.227 e. The number of pyridine rings is 2. The van der Waals surface area contributed by atoms with Gasteiger partial charge in [0.05, 0.1) is 19.0 Å². The van der Waals surface area contributed by atoms with Crippen molar-refractivity contribution in [1.29, 1.82) is 0 Å². The van der Waals surface area contributed by atoms with Crippen molar-refractivity contribution < 1.29 is 14.2 Å². The number of hydrogen-bond acceptors (Lipinski definition) is 5. The van der Waals surface area contributed by atoms with E-state index in [0.29, 0.717) is 18.2 Å². The third kappa shape index (κ3) is 4.52. The molecule has 0 aliphatic heterocycles. The van der Waals surface area contributed by atoms with Crippen molar-refractivity contribution in [1.82, 2.24) is 9.97 Å². The zero-order valence-corrected chi connectivity index (χ0v) is 16.0. The van der Waals surface area contributed by atoms with E-state index in [1.807, 2.05) is 78.9 Å². The average molecular weight is 384 g/mol. The van der Waals surface area contributed by atoms with E-state index in [2.05, 4.69) is 9.97 Å². The summed E-state index contributed by atoms with van der Waals surface area (Å²) in [5.74, 6) is 2.66. The standard InChI is InChI=1S/C24H20N2O3/c1-27-23-12-6-5-10-21(23)22-11-7-15-25-24(22)29-20-14-13-18(26-16-20)17-28-19-8-3-2-4-9-19/h2-16H,17H2,1H3. The predicted molar refractivity (Wildman–Crippen MR) is 111 cm³/mol. The Morgan fingerprint density at radius 2 is 1.52 bits per heavy atom. The molecule has 0 aliphatic carbocycles. The number of benzene rings is 2. The minimum Gasteiger partial charge on any atom is -0.496 e. The molecule has 0 atom stereocenters. The predicted octanol–water partition coefficient (Wildman–Crippen LogP) is 5.52. The number of methoxy groups -OCH3 is 1. The first-order valence-electron chi connectivity index (χ1n) is 9.22. The topological polar surface area (TPSA) is 53.5 Å². The largest absolute Gasteiger partial charge is 0.496 e. The fraction of sp³-hybridized carbons (Fsp3) is 0.0833. The Bertz CT molecular complexity index is 1070. The van der Waals surface area contributed by atoms with Crippen molar-refractivity contribution >= 4 is 0 Å². The van der Waals surface area contributed by atoms with Crippen LogP contribution < -0.4 is 14.2 Å². The van der Waals surface area contributed by atoms with Crippen molar-refractivity contribution in [3.8, 4) is 34.3 Å². The lowest BCUT2D eigenvalue weighted by Gasteiger charge is -2.13. The van der Waals surface area contributed by atoms with Gasteiger partial charge < -0.3 is 14.2 Å². The summed E-state index contributed by atoms with van der Waals surface area (Å²) in [6.07, 6.45) is 3.37. The Morgan fingerprint density at radius 3 is 2.31 bits per heavy atom. The minimum absolute atomic E-state index is 0.389. The minimum atomic E-state index is 0.389. The summed E-state index contributed by atoms with van der Waals surface area (Å²) in [6.45, 7) is 0.389. The van der Waals surface area contributed by atoms with Gasteiger partial charge in [0.2, 0.25) is 5.88 Å². The van der Waals surface area contributed by atoms with E-state index >= 15 is 0 Å². The molecule has 0 fully saturated rings. The molecule has 5 heteroatoms. The SMILES string of the molecule is COc1ccccc1-c1cccnc1Oc1ccc(COc2ccccc2)nc1. The van der Waals surface area contributed by atoms with Gasteiger partial charge in [0.1, 0.15) is 23.9 Å². The molecule has 0 bridgehead atoms. The number of ether oxygens (including phenoxy) is 3. The maximum atomic E-state index is 6.01. The van der Waals surface area contributed by atoms with Gasteiger partial charge in [0.15, 0.2) is 0 Å². The molecule has 29 heavy (non-hydrogen) atoms. The van der Waals surface area contributed by atoms with E-state index in [-0.39, 0.29) is 0 Å². The molecule has 0 saturated heterocycles. The number of aromatic nitrogens is 2. The summed E-state index contributed by atoms with van der Waals surface area (Å²) in [6, 6.07) is 25.0. The molecule has 2 aromatic carbocycles. The second-order valence-corrected chi connectivity index (χ2v) is 6.25. The van der Waals surface area contributed by atoms with Crippen LogP contribution in [-0.2, 0) is 6.61 Å². The van der Waals surface area contributed by atoms with Crippen molar-refractivity contribution in [2.75, 3.05) is 7.11 Å². The van der Waals surface area contributed by atoms with Gasteiger partial charge >= 0.3 is 0 Å². The molecule has 0 unspecified atom stereocenters. The summed E-state index contributed by atoms with van der Waals surface area (Å²) < 4.78 is 17.2. The Morgan fingerprint density at radius 1 is 0.724 bits per heavy atom. The Hall–Kier alpha value is -3.86.